The van der Waals surface area contributed by atoms with Crippen molar-refractivity contribution in [1.29, 1.82) is 0 Å². The Morgan fingerprint density at radius 2 is 2.17 bits per heavy atom. The highest BCUT2D eigenvalue weighted by atomic mass is 79.9. The molecule has 4 nitrogen and oxygen atoms in total. The number of thiophene rings is 1. The van der Waals surface area contributed by atoms with Gasteiger partial charge in [-0.25, -0.2) is 4.98 Å². The van der Waals surface area contributed by atoms with Gasteiger partial charge in [-0.05, 0) is 52.7 Å². The lowest BCUT2D eigenvalue weighted by Gasteiger charge is -2.26. The molecule has 1 aliphatic rings. The van der Waals surface area contributed by atoms with Gasteiger partial charge in [-0.3, -0.25) is 4.79 Å². The first-order valence-electron chi connectivity index (χ1n) is 7.55. The topological polar surface area (TPSA) is 45.2 Å². The molecule has 0 bridgehead atoms. The quantitative estimate of drug-likeness (QED) is 0.782. The summed E-state index contributed by atoms with van der Waals surface area (Å²) in [4.78, 5) is 19.8. The fourth-order valence-corrected chi connectivity index (χ4v) is 4.25. The van der Waals surface area contributed by atoms with Gasteiger partial charge in [-0.15, -0.1) is 11.3 Å². The molecule has 1 N–H and O–H groups in total. The molecule has 0 atom stereocenters. The van der Waals surface area contributed by atoms with E-state index in [1.54, 1.807) is 23.6 Å². The third-order valence-electron chi connectivity index (χ3n) is 3.84. The molecule has 0 aromatic carbocycles. The molecule has 2 aromatic rings. The van der Waals surface area contributed by atoms with E-state index >= 15 is 0 Å². The van der Waals surface area contributed by atoms with Gasteiger partial charge in [0, 0.05) is 28.6 Å². The Morgan fingerprint density at radius 1 is 1.39 bits per heavy atom. The van der Waals surface area contributed by atoms with Crippen molar-refractivity contribution in [3.8, 4) is 0 Å². The van der Waals surface area contributed by atoms with E-state index in [9.17, 15) is 4.79 Å². The number of carbonyl (C=O) groups excluding carboxylic acids is 1. The lowest BCUT2D eigenvalue weighted by atomic mass is 10.1. The van der Waals surface area contributed by atoms with Gasteiger partial charge in [0.1, 0.15) is 5.82 Å². The number of nitrogens with one attached hydrogen (secondary N) is 1. The summed E-state index contributed by atoms with van der Waals surface area (Å²) in [5.41, 5.74) is 0.555. The number of piperidine rings is 1. The van der Waals surface area contributed by atoms with Crippen LogP contribution in [-0.4, -0.2) is 28.9 Å². The number of anilines is 1. The SMILES string of the molecule is O=C(c1cnc(NCc2sccc2Br)c(Cl)c1)N1CCCCC1. The summed E-state index contributed by atoms with van der Waals surface area (Å²) in [5, 5.41) is 5.71. The number of halogens is 2. The molecular formula is C16H17BrClN3OS. The number of rotatable bonds is 4. The minimum Gasteiger partial charge on any atom is -0.364 e. The normalized spacial score (nSPS) is 14.8. The van der Waals surface area contributed by atoms with Crippen LogP contribution < -0.4 is 5.32 Å². The zero-order valence-electron chi connectivity index (χ0n) is 12.5. The number of pyridine rings is 1. The van der Waals surface area contributed by atoms with Crippen molar-refractivity contribution in [2.75, 3.05) is 18.4 Å². The van der Waals surface area contributed by atoms with E-state index in [0.29, 0.717) is 22.9 Å². The van der Waals surface area contributed by atoms with Crippen molar-refractivity contribution in [3.05, 3.63) is 43.6 Å². The highest BCUT2D eigenvalue weighted by molar-refractivity contribution is 9.10. The van der Waals surface area contributed by atoms with Crippen LogP contribution in [0.4, 0.5) is 5.82 Å². The number of aromatic nitrogens is 1. The molecule has 2 aromatic heterocycles. The molecule has 1 fully saturated rings. The number of amides is 1. The Bertz CT molecular complexity index is 700. The van der Waals surface area contributed by atoms with Gasteiger partial charge < -0.3 is 10.2 Å². The van der Waals surface area contributed by atoms with Crippen molar-refractivity contribution < 1.29 is 4.79 Å². The van der Waals surface area contributed by atoms with Gasteiger partial charge in [0.2, 0.25) is 0 Å². The van der Waals surface area contributed by atoms with Gasteiger partial charge in [-0.1, -0.05) is 11.6 Å². The molecule has 7 heteroatoms. The molecule has 1 saturated heterocycles. The van der Waals surface area contributed by atoms with Gasteiger partial charge >= 0.3 is 0 Å². The lowest BCUT2D eigenvalue weighted by Crippen LogP contribution is -2.35. The summed E-state index contributed by atoms with van der Waals surface area (Å²) >= 11 is 11.4. The average Bonchev–Trinajstić information content (AvgIpc) is 2.99. The van der Waals surface area contributed by atoms with E-state index in [1.807, 2.05) is 16.3 Å². The van der Waals surface area contributed by atoms with Crippen molar-refractivity contribution in [2.45, 2.75) is 25.8 Å². The van der Waals surface area contributed by atoms with Crippen LogP contribution in [0.3, 0.4) is 0 Å². The second kappa shape index (κ2) is 7.64. The number of hydrogen-bond donors (Lipinski definition) is 1. The van der Waals surface area contributed by atoms with Crippen molar-refractivity contribution >= 4 is 50.6 Å². The Labute approximate surface area is 153 Å². The van der Waals surface area contributed by atoms with E-state index in [0.717, 1.165) is 30.4 Å². The maximum atomic E-state index is 12.5. The minimum atomic E-state index is 0.0200. The lowest BCUT2D eigenvalue weighted by molar-refractivity contribution is 0.0724. The summed E-state index contributed by atoms with van der Waals surface area (Å²) in [7, 11) is 0. The Balaban J connectivity index is 1.67. The second-order valence-corrected chi connectivity index (χ2v) is 7.71. The summed E-state index contributed by atoms with van der Waals surface area (Å²) in [5.74, 6) is 0.619. The first-order valence-corrected chi connectivity index (χ1v) is 9.61. The standard InChI is InChI=1S/C16H17BrClN3OS/c17-12-4-7-23-14(12)10-20-15-13(18)8-11(9-19-15)16(22)21-5-2-1-3-6-21/h4,7-9H,1-3,5-6,10H2,(H,19,20). The molecular weight excluding hydrogens is 398 g/mol. The number of nitrogens with zero attached hydrogens (tertiary/aromatic N) is 2. The molecule has 23 heavy (non-hydrogen) atoms. The van der Waals surface area contributed by atoms with Crippen molar-refractivity contribution in [2.24, 2.45) is 0 Å². The smallest absolute Gasteiger partial charge is 0.255 e. The maximum absolute atomic E-state index is 12.5. The van der Waals surface area contributed by atoms with Crippen LogP contribution >= 0.6 is 38.9 Å². The summed E-state index contributed by atoms with van der Waals surface area (Å²) in [6.07, 6.45) is 4.95. The maximum Gasteiger partial charge on any atom is 0.255 e. The number of likely N-dealkylation sites (tertiary alicyclic amines) is 1. The predicted molar refractivity (Wildman–Crippen MR) is 98.3 cm³/mol. The minimum absolute atomic E-state index is 0.0200. The van der Waals surface area contributed by atoms with E-state index in [-0.39, 0.29) is 5.91 Å². The van der Waals surface area contributed by atoms with Crippen LogP contribution in [0.2, 0.25) is 5.02 Å². The molecule has 0 unspecified atom stereocenters. The molecule has 0 radical (unpaired) electrons. The molecule has 122 valence electrons. The Hall–Kier alpha value is -1.11. The second-order valence-electron chi connectivity index (χ2n) is 5.45. The summed E-state index contributed by atoms with van der Waals surface area (Å²) in [6.45, 7) is 2.29. The summed E-state index contributed by atoms with van der Waals surface area (Å²) < 4.78 is 1.07. The zero-order valence-corrected chi connectivity index (χ0v) is 15.7. The van der Waals surface area contributed by atoms with Gasteiger partial charge in [0.05, 0.1) is 17.1 Å². The molecule has 1 amide bonds. The van der Waals surface area contributed by atoms with Crippen LogP contribution in [0.5, 0.6) is 0 Å². The monoisotopic (exact) mass is 413 g/mol. The molecule has 0 spiro atoms. The van der Waals surface area contributed by atoms with E-state index < -0.39 is 0 Å². The molecule has 1 aliphatic heterocycles. The fraction of sp³-hybridized carbons (Fsp3) is 0.375. The zero-order chi connectivity index (χ0) is 16.2. The fourth-order valence-electron chi connectivity index (χ4n) is 2.58. The molecule has 3 rings (SSSR count). The first-order chi connectivity index (χ1) is 11.1. The van der Waals surface area contributed by atoms with E-state index in [4.69, 9.17) is 11.6 Å². The van der Waals surface area contributed by atoms with Crippen molar-refractivity contribution in [3.63, 3.8) is 0 Å². The largest absolute Gasteiger partial charge is 0.364 e. The van der Waals surface area contributed by atoms with Crippen LogP contribution in [0.15, 0.2) is 28.2 Å². The average molecular weight is 415 g/mol. The van der Waals surface area contributed by atoms with Gasteiger partial charge in [-0.2, -0.15) is 0 Å². The summed E-state index contributed by atoms with van der Waals surface area (Å²) in [6, 6.07) is 3.72. The third-order valence-corrected chi connectivity index (χ3v) is 6.05. The molecule has 0 aliphatic carbocycles. The Morgan fingerprint density at radius 3 is 2.83 bits per heavy atom. The molecule has 0 saturated carbocycles. The van der Waals surface area contributed by atoms with Crippen LogP contribution in [0, 0.1) is 0 Å². The van der Waals surface area contributed by atoms with Gasteiger partial charge in [0.25, 0.3) is 5.91 Å². The number of carbonyl (C=O) groups is 1. The van der Waals surface area contributed by atoms with Gasteiger partial charge in [0.15, 0.2) is 0 Å². The van der Waals surface area contributed by atoms with Crippen LogP contribution in [0.25, 0.3) is 0 Å². The Kier molecular flexibility index (Phi) is 5.56. The highest BCUT2D eigenvalue weighted by Crippen LogP contribution is 2.26. The van der Waals surface area contributed by atoms with E-state index in [2.05, 4.69) is 26.2 Å². The number of hydrogen-bond acceptors (Lipinski definition) is 4. The predicted octanol–water partition coefficient (Wildman–Crippen LogP) is 4.80. The molecule has 3 heterocycles. The van der Waals surface area contributed by atoms with Crippen LogP contribution in [-0.2, 0) is 6.54 Å². The highest BCUT2D eigenvalue weighted by Gasteiger charge is 2.19. The van der Waals surface area contributed by atoms with Crippen LogP contribution in [0.1, 0.15) is 34.5 Å². The first kappa shape index (κ1) is 16.7. The van der Waals surface area contributed by atoms with Crippen molar-refractivity contribution in [1.82, 2.24) is 9.88 Å². The third kappa shape index (κ3) is 4.05. The van der Waals surface area contributed by atoms with E-state index in [1.165, 1.54) is 11.3 Å².